The third kappa shape index (κ3) is 6.11. The summed E-state index contributed by atoms with van der Waals surface area (Å²) in [6, 6.07) is 1.77. The van der Waals surface area contributed by atoms with Gasteiger partial charge >= 0.3 is 12.0 Å². The first-order valence-electron chi connectivity index (χ1n) is 6.81. The first kappa shape index (κ1) is 16.7. The van der Waals surface area contributed by atoms with Gasteiger partial charge in [0.1, 0.15) is 6.04 Å². The molecule has 1 aromatic rings. The summed E-state index contributed by atoms with van der Waals surface area (Å²) in [5.74, 6) is -0.422. The van der Waals surface area contributed by atoms with Gasteiger partial charge < -0.3 is 20.5 Å². The highest BCUT2D eigenvalue weighted by molar-refractivity contribution is 5.92. The van der Waals surface area contributed by atoms with E-state index >= 15 is 0 Å². The fourth-order valence-corrected chi connectivity index (χ4v) is 1.71. The molecule has 1 heterocycles. The van der Waals surface area contributed by atoms with Crippen LogP contribution in [0.25, 0.3) is 0 Å². The Kier molecular flexibility index (Phi) is 6.45. The van der Waals surface area contributed by atoms with Gasteiger partial charge in [-0.15, -0.1) is 0 Å². The maximum atomic E-state index is 11.8. The Hall–Kier alpha value is -2.31. The molecule has 0 radical (unpaired) electrons. The molecule has 1 rings (SSSR count). The number of rotatable bonds is 7. The van der Waals surface area contributed by atoms with Crippen molar-refractivity contribution in [1.82, 2.24) is 10.3 Å². The number of hydrogen-bond donors (Lipinski definition) is 3. The Bertz CT molecular complexity index is 474. The van der Waals surface area contributed by atoms with Crippen LogP contribution in [0.2, 0.25) is 0 Å². The van der Waals surface area contributed by atoms with Crippen LogP contribution in [-0.2, 0) is 4.79 Å². The van der Waals surface area contributed by atoms with Crippen molar-refractivity contribution in [3.05, 3.63) is 18.3 Å². The number of aromatic nitrogens is 1. The summed E-state index contributed by atoms with van der Waals surface area (Å²) in [6.07, 6.45) is 1.81. The quantitative estimate of drug-likeness (QED) is 0.715. The van der Waals surface area contributed by atoms with Gasteiger partial charge in [-0.2, -0.15) is 0 Å². The number of carbonyl (C=O) groups is 2. The smallest absolute Gasteiger partial charge is 0.326 e. The molecule has 0 saturated carbocycles. The molecule has 0 bridgehead atoms. The van der Waals surface area contributed by atoms with Crippen LogP contribution in [0.1, 0.15) is 27.2 Å². The molecule has 3 N–H and O–H groups in total. The monoisotopic (exact) mass is 295 g/mol. The fourth-order valence-electron chi connectivity index (χ4n) is 1.71. The summed E-state index contributed by atoms with van der Waals surface area (Å²) < 4.78 is 5.19. The summed E-state index contributed by atoms with van der Waals surface area (Å²) in [6.45, 7) is 6.15. The van der Waals surface area contributed by atoms with E-state index < -0.39 is 18.0 Å². The predicted molar refractivity (Wildman–Crippen MR) is 78.4 cm³/mol. The van der Waals surface area contributed by atoms with Crippen molar-refractivity contribution < 1.29 is 19.4 Å². The highest BCUT2D eigenvalue weighted by atomic mass is 16.5. The zero-order valence-electron chi connectivity index (χ0n) is 12.4. The standard InChI is InChI=1S/C14H21N3O4/c1-4-21-12-6-5-10(8-15-12)16-14(20)17-11(13(18)19)7-9(2)3/h5-6,8-9,11H,4,7H2,1-3H3,(H,18,19)(H2,16,17,20)/t11-/m0/s1. The molecule has 116 valence electrons. The number of carbonyl (C=O) groups excluding carboxylic acids is 1. The normalized spacial score (nSPS) is 11.8. The number of nitrogens with zero attached hydrogens (tertiary/aromatic N) is 1. The third-order valence-electron chi connectivity index (χ3n) is 2.60. The van der Waals surface area contributed by atoms with E-state index in [1.165, 1.54) is 6.20 Å². The lowest BCUT2D eigenvalue weighted by atomic mass is 10.0. The van der Waals surface area contributed by atoms with Crippen LogP contribution in [0.3, 0.4) is 0 Å². The molecular formula is C14H21N3O4. The highest BCUT2D eigenvalue weighted by Gasteiger charge is 2.21. The summed E-state index contributed by atoms with van der Waals surface area (Å²) in [7, 11) is 0. The molecule has 21 heavy (non-hydrogen) atoms. The predicted octanol–water partition coefficient (Wildman–Crippen LogP) is 2.10. The van der Waals surface area contributed by atoms with Crippen molar-refractivity contribution in [3.8, 4) is 5.88 Å². The first-order chi connectivity index (χ1) is 9.92. The van der Waals surface area contributed by atoms with Crippen molar-refractivity contribution in [2.24, 2.45) is 5.92 Å². The topological polar surface area (TPSA) is 101 Å². The largest absolute Gasteiger partial charge is 0.480 e. The van der Waals surface area contributed by atoms with Crippen LogP contribution < -0.4 is 15.4 Å². The van der Waals surface area contributed by atoms with E-state index in [9.17, 15) is 9.59 Å². The van der Waals surface area contributed by atoms with Crippen molar-refractivity contribution >= 4 is 17.7 Å². The van der Waals surface area contributed by atoms with E-state index in [2.05, 4.69) is 15.6 Å². The number of amides is 2. The molecule has 0 fully saturated rings. The minimum absolute atomic E-state index is 0.165. The molecule has 0 aliphatic carbocycles. The van der Waals surface area contributed by atoms with Crippen molar-refractivity contribution in [2.45, 2.75) is 33.2 Å². The van der Waals surface area contributed by atoms with E-state index in [4.69, 9.17) is 9.84 Å². The van der Waals surface area contributed by atoms with Gasteiger partial charge in [-0.3, -0.25) is 0 Å². The van der Waals surface area contributed by atoms with E-state index in [0.717, 1.165) is 0 Å². The van der Waals surface area contributed by atoms with Gasteiger partial charge in [0.2, 0.25) is 5.88 Å². The average molecular weight is 295 g/mol. The average Bonchev–Trinajstić information content (AvgIpc) is 2.40. The molecule has 1 atom stereocenters. The van der Waals surface area contributed by atoms with Crippen LogP contribution in [0.5, 0.6) is 5.88 Å². The number of nitrogens with one attached hydrogen (secondary N) is 2. The summed E-state index contributed by atoms with van der Waals surface area (Å²) in [5, 5.41) is 14.0. The second-order valence-corrected chi connectivity index (χ2v) is 4.94. The van der Waals surface area contributed by atoms with Gasteiger partial charge in [0, 0.05) is 6.07 Å². The second-order valence-electron chi connectivity index (χ2n) is 4.94. The molecule has 0 spiro atoms. The molecule has 0 aliphatic heterocycles. The molecule has 0 unspecified atom stereocenters. The van der Waals surface area contributed by atoms with Crippen molar-refractivity contribution in [1.29, 1.82) is 0 Å². The zero-order valence-corrected chi connectivity index (χ0v) is 12.4. The zero-order chi connectivity index (χ0) is 15.8. The van der Waals surface area contributed by atoms with Crippen molar-refractivity contribution in [2.75, 3.05) is 11.9 Å². The number of anilines is 1. The number of pyridine rings is 1. The molecule has 0 aliphatic rings. The fraction of sp³-hybridized carbons (Fsp3) is 0.500. The number of urea groups is 1. The van der Waals surface area contributed by atoms with Gasteiger partial charge in [-0.05, 0) is 25.3 Å². The Morgan fingerprint density at radius 2 is 2.10 bits per heavy atom. The van der Waals surface area contributed by atoms with E-state index in [1.807, 2.05) is 20.8 Å². The van der Waals surface area contributed by atoms with Gasteiger partial charge in [-0.25, -0.2) is 14.6 Å². The minimum atomic E-state index is -1.05. The Balaban J connectivity index is 2.57. The highest BCUT2D eigenvalue weighted by Crippen LogP contribution is 2.11. The van der Waals surface area contributed by atoms with E-state index in [1.54, 1.807) is 12.1 Å². The Morgan fingerprint density at radius 1 is 1.38 bits per heavy atom. The van der Waals surface area contributed by atoms with Crippen LogP contribution in [0.4, 0.5) is 10.5 Å². The van der Waals surface area contributed by atoms with Gasteiger partial charge in [-0.1, -0.05) is 13.8 Å². The maximum absolute atomic E-state index is 11.8. The number of hydrogen-bond acceptors (Lipinski definition) is 4. The van der Waals surface area contributed by atoms with Crippen LogP contribution in [-0.4, -0.2) is 34.7 Å². The van der Waals surface area contributed by atoms with E-state index in [0.29, 0.717) is 24.6 Å². The summed E-state index contributed by atoms with van der Waals surface area (Å²) in [4.78, 5) is 26.8. The van der Waals surface area contributed by atoms with Crippen LogP contribution >= 0.6 is 0 Å². The number of aliphatic carboxylic acids is 1. The van der Waals surface area contributed by atoms with E-state index in [-0.39, 0.29) is 5.92 Å². The van der Waals surface area contributed by atoms with Gasteiger partial charge in [0.05, 0.1) is 18.5 Å². The summed E-state index contributed by atoms with van der Waals surface area (Å²) in [5.41, 5.74) is 0.463. The second kappa shape index (κ2) is 8.08. The Labute approximate surface area is 123 Å². The lowest BCUT2D eigenvalue weighted by molar-refractivity contribution is -0.139. The minimum Gasteiger partial charge on any atom is -0.480 e. The number of ether oxygens (including phenoxy) is 1. The maximum Gasteiger partial charge on any atom is 0.326 e. The molecule has 2 amide bonds. The summed E-state index contributed by atoms with van der Waals surface area (Å²) >= 11 is 0. The molecule has 0 saturated heterocycles. The molecular weight excluding hydrogens is 274 g/mol. The molecule has 1 aromatic heterocycles. The van der Waals surface area contributed by atoms with Crippen molar-refractivity contribution in [3.63, 3.8) is 0 Å². The lowest BCUT2D eigenvalue weighted by Gasteiger charge is -2.16. The molecule has 7 heteroatoms. The Morgan fingerprint density at radius 3 is 2.57 bits per heavy atom. The van der Waals surface area contributed by atoms with Gasteiger partial charge in [0.15, 0.2) is 0 Å². The van der Waals surface area contributed by atoms with Crippen LogP contribution in [0, 0.1) is 5.92 Å². The molecule has 7 nitrogen and oxygen atoms in total. The van der Waals surface area contributed by atoms with Crippen LogP contribution in [0.15, 0.2) is 18.3 Å². The number of carboxylic acids is 1. The number of carboxylic acid groups (broad SMARTS) is 1. The first-order valence-corrected chi connectivity index (χ1v) is 6.81. The SMILES string of the molecule is CCOc1ccc(NC(=O)N[C@@H](CC(C)C)C(=O)O)cn1. The third-order valence-corrected chi connectivity index (χ3v) is 2.60. The lowest BCUT2D eigenvalue weighted by Crippen LogP contribution is -2.43. The van der Waals surface area contributed by atoms with Gasteiger partial charge in [0.25, 0.3) is 0 Å². The molecule has 0 aromatic carbocycles.